The highest BCUT2D eigenvalue weighted by Gasteiger charge is 2.09. The molecule has 0 aliphatic heterocycles. The van der Waals surface area contributed by atoms with Gasteiger partial charge in [-0.15, -0.1) is 0 Å². The van der Waals surface area contributed by atoms with Crippen LogP contribution in [0.15, 0.2) is 66.7 Å². The minimum Gasteiger partial charge on any atom is -0.618 e. The topological polar surface area (TPSA) is 68.1 Å². The van der Waals surface area contributed by atoms with Crippen LogP contribution in [0.4, 0.5) is 15.9 Å². The molecule has 0 aliphatic carbocycles. The average molecular weight is 349 g/mol. The highest BCUT2D eigenvalue weighted by Crippen LogP contribution is 2.13. The molecule has 1 heterocycles. The monoisotopic (exact) mass is 349 g/mol. The maximum atomic E-state index is 12.9. The Balaban J connectivity index is 1.80. The van der Waals surface area contributed by atoms with E-state index in [9.17, 15) is 14.4 Å². The van der Waals surface area contributed by atoms with E-state index in [1.165, 1.54) is 30.5 Å². The van der Waals surface area contributed by atoms with Gasteiger partial charge >= 0.3 is 0 Å². The third-order valence-corrected chi connectivity index (χ3v) is 3.63. The van der Waals surface area contributed by atoms with E-state index in [0.717, 1.165) is 5.69 Å². The molecule has 5 nitrogen and oxygen atoms in total. The zero-order valence-electron chi connectivity index (χ0n) is 14.0. The summed E-state index contributed by atoms with van der Waals surface area (Å²) in [5, 5.41) is 14.9. The number of aromatic nitrogens is 1. The fraction of sp³-hybridized carbons (Fsp3) is 0.0500. The first kappa shape index (κ1) is 17.3. The van der Waals surface area contributed by atoms with Crippen molar-refractivity contribution in [3.05, 3.63) is 94.6 Å². The van der Waals surface area contributed by atoms with Gasteiger partial charge in [-0.1, -0.05) is 12.1 Å². The van der Waals surface area contributed by atoms with Crippen molar-refractivity contribution in [1.82, 2.24) is 4.98 Å². The molecule has 6 heteroatoms. The lowest BCUT2D eigenvalue weighted by atomic mass is 10.1. The normalized spacial score (nSPS) is 11.2. The van der Waals surface area contributed by atoms with Gasteiger partial charge in [-0.25, -0.2) is 9.37 Å². The first-order valence-corrected chi connectivity index (χ1v) is 7.93. The smallest absolute Gasteiger partial charge is 0.256 e. The van der Waals surface area contributed by atoms with Crippen molar-refractivity contribution in [3.63, 3.8) is 0 Å². The molecule has 3 aromatic rings. The largest absolute Gasteiger partial charge is 0.618 e. The van der Waals surface area contributed by atoms with Crippen molar-refractivity contribution in [2.45, 2.75) is 6.92 Å². The third kappa shape index (κ3) is 4.30. The molecule has 3 rings (SSSR count). The molecule has 0 unspecified atom stereocenters. The second-order valence-electron chi connectivity index (χ2n) is 5.68. The molecule has 0 saturated carbocycles. The molecular formula is C20H16FN3O2. The molecule has 130 valence electrons. The first-order valence-electron chi connectivity index (χ1n) is 7.93. The molecule has 1 amide bonds. The fourth-order valence-corrected chi connectivity index (χ4v) is 2.36. The lowest BCUT2D eigenvalue weighted by Gasteiger charge is -2.06. The summed E-state index contributed by atoms with van der Waals surface area (Å²) >= 11 is 0. The van der Waals surface area contributed by atoms with Crippen molar-refractivity contribution in [3.8, 4) is 0 Å². The molecule has 0 fully saturated rings. The van der Waals surface area contributed by atoms with Crippen molar-refractivity contribution >= 4 is 23.6 Å². The van der Waals surface area contributed by atoms with E-state index in [4.69, 9.17) is 0 Å². The Labute approximate surface area is 150 Å². The van der Waals surface area contributed by atoms with Crippen molar-refractivity contribution in [2.75, 3.05) is 5.32 Å². The van der Waals surface area contributed by atoms with E-state index in [1.807, 2.05) is 13.0 Å². The standard InChI is InChI=1S/C20H16FN3O2/c1-14-4-2-7-19(22-14)23-20(25)16-6-3-5-15(12-16)13-24(26)18-10-8-17(21)9-11-18/h2-13H,1H3,(H,22,23,25)/b24-13-. The Kier molecular flexibility index (Phi) is 5.03. The van der Waals surface area contributed by atoms with E-state index >= 15 is 0 Å². The number of halogens is 1. The number of hydrogen-bond acceptors (Lipinski definition) is 3. The molecular weight excluding hydrogens is 333 g/mol. The molecule has 0 aliphatic rings. The van der Waals surface area contributed by atoms with Crippen LogP contribution in [0.3, 0.4) is 0 Å². The van der Waals surface area contributed by atoms with Gasteiger partial charge in [0.05, 0.1) is 0 Å². The number of aryl methyl sites for hydroxylation is 1. The van der Waals surface area contributed by atoms with Gasteiger partial charge in [0, 0.05) is 29.0 Å². The second-order valence-corrected chi connectivity index (χ2v) is 5.68. The quantitative estimate of drug-likeness (QED) is 0.334. The van der Waals surface area contributed by atoms with E-state index in [2.05, 4.69) is 10.3 Å². The van der Waals surface area contributed by atoms with Crippen LogP contribution in [-0.2, 0) is 0 Å². The molecule has 2 aromatic carbocycles. The van der Waals surface area contributed by atoms with Crippen LogP contribution in [0.1, 0.15) is 21.6 Å². The molecule has 1 N–H and O–H groups in total. The van der Waals surface area contributed by atoms with E-state index < -0.39 is 5.82 Å². The summed E-state index contributed by atoms with van der Waals surface area (Å²) in [5.74, 6) is -0.274. The predicted octanol–water partition coefficient (Wildman–Crippen LogP) is 4.04. The van der Waals surface area contributed by atoms with E-state index in [-0.39, 0.29) is 5.91 Å². The SMILES string of the molecule is Cc1cccc(NC(=O)c2cccc(/C=[N+](\[O-])c3ccc(F)cc3)c2)n1. The summed E-state index contributed by atoms with van der Waals surface area (Å²) in [5.41, 5.74) is 2.04. The highest BCUT2D eigenvalue weighted by atomic mass is 19.1. The van der Waals surface area contributed by atoms with Gasteiger partial charge in [0.1, 0.15) is 11.6 Å². The van der Waals surface area contributed by atoms with E-state index in [1.54, 1.807) is 36.4 Å². The average Bonchev–Trinajstić information content (AvgIpc) is 2.62. The Bertz CT molecular complexity index is 969. The molecule has 0 saturated heterocycles. The fourth-order valence-electron chi connectivity index (χ4n) is 2.36. The zero-order valence-corrected chi connectivity index (χ0v) is 14.0. The van der Waals surface area contributed by atoms with Crippen LogP contribution in [0.2, 0.25) is 0 Å². The number of amides is 1. The molecule has 0 bridgehead atoms. The number of rotatable bonds is 4. The number of carbonyl (C=O) groups excluding carboxylic acids is 1. The van der Waals surface area contributed by atoms with Crippen LogP contribution >= 0.6 is 0 Å². The minimum atomic E-state index is -0.412. The molecule has 26 heavy (non-hydrogen) atoms. The molecule has 0 atom stereocenters. The maximum Gasteiger partial charge on any atom is 0.256 e. The van der Waals surface area contributed by atoms with Crippen molar-refractivity contribution in [2.24, 2.45) is 0 Å². The second kappa shape index (κ2) is 7.57. The van der Waals surface area contributed by atoms with Gasteiger partial charge in [0.15, 0.2) is 6.21 Å². The van der Waals surface area contributed by atoms with Crippen molar-refractivity contribution in [1.29, 1.82) is 0 Å². The van der Waals surface area contributed by atoms with Crippen LogP contribution in [0, 0.1) is 17.9 Å². The number of benzene rings is 2. The lowest BCUT2D eigenvalue weighted by Crippen LogP contribution is -2.13. The molecule has 1 aromatic heterocycles. The highest BCUT2D eigenvalue weighted by molar-refractivity contribution is 6.04. The van der Waals surface area contributed by atoms with Crippen LogP contribution in [-0.4, -0.2) is 21.8 Å². The summed E-state index contributed by atoms with van der Waals surface area (Å²) in [7, 11) is 0. The number of anilines is 1. The van der Waals surface area contributed by atoms with Gasteiger partial charge in [0.2, 0.25) is 5.69 Å². The van der Waals surface area contributed by atoms with E-state index in [0.29, 0.717) is 27.4 Å². The van der Waals surface area contributed by atoms with Gasteiger partial charge < -0.3 is 10.5 Å². The summed E-state index contributed by atoms with van der Waals surface area (Å²) < 4.78 is 13.6. The number of nitrogens with one attached hydrogen (secondary N) is 1. The first-order chi connectivity index (χ1) is 12.5. The maximum absolute atomic E-state index is 12.9. The number of hydrogen-bond donors (Lipinski definition) is 1. The van der Waals surface area contributed by atoms with Gasteiger partial charge in [-0.2, -0.15) is 4.74 Å². The third-order valence-electron chi connectivity index (χ3n) is 3.63. The Morgan fingerprint density at radius 2 is 1.85 bits per heavy atom. The Hall–Kier alpha value is -3.54. The summed E-state index contributed by atoms with van der Waals surface area (Å²) in [4.78, 5) is 16.6. The molecule has 0 radical (unpaired) electrons. The number of pyridine rings is 1. The Morgan fingerprint density at radius 1 is 1.12 bits per heavy atom. The minimum absolute atomic E-state index is 0.296. The number of carbonyl (C=O) groups is 1. The van der Waals surface area contributed by atoms with Gasteiger partial charge in [-0.3, -0.25) is 4.79 Å². The Morgan fingerprint density at radius 3 is 2.58 bits per heavy atom. The lowest BCUT2D eigenvalue weighted by molar-refractivity contribution is -0.354. The predicted molar refractivity (Wildman–Crippen MR) is 98.2 cm³/mol. The van der Waals surface area contributed by atoms with Crippen LogP contribution in [0.25, 0.3) is 0 Å². The summed E-state index contributed by atoms with van der Waals surface area (Å²) in [6, 6.07) is 17.2. The molecule has 0 spiro atoms. The van der Waals surface area contributed by atoms with Gasteiger partial charge in [-0.05, 0) is 49.4 Å². The summed E-state index contributed by atoms with van der Waals surface area (Å²) in [6.45, 7) is 1.84. The van der Waals surface area contributed by atoms with Gasteiger partial charge in [0.25, 0.3) is 5.91 Å². The zero-order chi connectivity index (χ0) is 18.5. The van der Waals surface area contributed by atoms with Crippen LogP contribution < -0.4 is 5.32 Å². The summed E-state index contributed by atoms with van der Waals surface area (Å²) in [6.07, 6.45) is 1.33. The number of nitrogens with zero attached hydrogens (tertiary/aromatic N) is 2. The van der Waals surface area contributed by atoms with Crippen LogP contribution in [0.5, 0.6) is 0 Å². The van der Waals surface area contributed by atoms with Crippen molar-refractivity contribution < 1.29 is 13.9 Å².